The zero-order chi connectivity index (χ0) is 15.6. The van der Waals surface area contributed by atoms with Gasteiger partial charge in [0.25, 0.3) is 5.56 Å². The van der Waals surface area contributed by atoms with E-state index in [2.05, 4.69) is 18.9 Å². The minimum atomic E-state index is -0.944. The summed E-state index contributed by atoms with van der Waals surface area (Å²) in [4.78, 5) is 23.1. The van der Waals surface area contributed by atoms with Crippen LogP contribution < -0.4 is 5.56 Å². The topological polar surface area (TPSA) is 76.6 Å². The Hall–Kier alpha value is -2.11. The molecule has 0 aliphatic rings. The van der Waals surface area contributed by atoms with Crippen LogP contribution in [0.25, 0.3) is 5.65 Å². The average Bonchev–Trinajstić information content (AvgIpc) is 2.85. The molecule has 0 aromatic carbocycles. The van der Waals surface area contributed by atoms with Gasteiger partial charge >= 0.3 is 5.97 Å². The zero-order valence-corrected chi connectivity index (χ0v) is 12.7. The predicted octanol–water partition coefficient (Wildman–Crippen LogP) is 2.05. The molecule has 0 fully saturated rings. The highest BCUT2D eigenvalue weighted by molar-refractivity contribution is 5.69. The van der Waals surface area contributed by atoms with Crippen LogP contribution in [-0.4, -0.2) is 25.3 Å². The third kappa shape index (κ3) is 2.84. The first-order valence-electron chi connectivity index (χ1n) is 7.35. The van der Waals surface area contributed by atoms with Gasteiger partial charge in [0.05, 0.1) is 12.1 Å². The Bertz CT molecular complexity index is 711. The molecule has 0 radical (unpaired) electrons. The Morgan fingerprint density at radius 3 is 2.48 bits per heavy atom. The van der Waals surface area contributed by atoms with Gasteiger partial charge in [-0.05, 0) is 19.8 Å². The van der Waals surface area contributed by atoms with Gasteiger partial charge in [-0.25, -0.2) is 0 Å². The van der Waals surface area contributed by atoms with E-state index in [4.69, 9.17) is 5.11 Å². The van der Waals surface area contributed by atoms with E-state index >= 15 is 0 Å². The van der Waals surface area contributed by atoms with Crippen LogP contribution in [0.2, 0.25) is 0 Å². The van der Waals surface area contributed by atoms with Crippen LogP contribution in [0.4, 0.5) is 0 Å². The van der Waals surface area contributed by atoms with Crippen LogP contribution in [0.3, 0.4) is 0 Å². The summed E-state index contributed by atoms with van der Waals surface area (Å²) in [6.45, 7) is 6.72. The quantitative estimate of drug-likeness (QED) is 0.883. The van der Waals surface area contributed by atoms with Crippen LogP contribution in [0, 0.1) is 0 Å². The number of hydrogen-bond acceptors (Lipinski definition) is 3. The summed E-state index contributed by atoms with van der Waals surface area (Å²) in [7, 11) is 0. The number of carboxylic acid groups (broad SMARTS) is 1. The van der Waals surface area contributed by atoms with Crippen molar-refractivity contribution in [3.63, 3.8) is 0 Å². The molecular weight excluding hydrogens is 270 g/mol. The monoisotopic (exact) mass is 291 g/mol. The van der Waals surface area contributed by atoms with Gasteiger partial charge in [0.2, 0.25) is 0 Å². The molecule has 2 rings (SSSR count). The maximum Gasteiger partial charge on any atom is 0.309 e. The zero-order valence-electron chi connectivity index (χ0n) is 12.7. The number of carbonyl (C=O) groups is 1. The van der Waals surface area contributed by atoms with Crippen LogP contribution in [0.15, 0.2) is 16.9 Å². The lowest BCUT2D eigenvalue weighted by molar-refractivity contribution is -0.136. The molecule has 2 heterocycles. The van der Waals surface area contributed by atoms with Crippen molar-refractivity contribution < 1.29 is 9.90 Å². The van der Waals surface area contributed by atoms with Crippen LogP contribution in [-0.2, 0) is 17.8 Å². The number of fused-ring (bicyclic) bond motifs is 1. The molecule has 1 N–H and O–H groups in total. The Labute approximate surface area is 123 Å². The van der Waals surface area contributed by atoms with Crippen molar-refractivity contribution in [3.8, 4) is 0 Å². The van der Waals surface area contributed by atoms with E-state index in [1.807, 2.05) is 17.6 Å². The number of aliphatic carboxylic acids is 1. The first-order chi connectivity index (χ1) is 10.0. The summed E-state index contributed by atoms with van der Waals surface area (Å²) in [5.41, 5.74) is 1.80. The van der Waals surface area contributed by atoms with Gasteiger partial charge in [-0.2, -0.15) is 9.61 Å². The number of carboxylic acids is 1. The first kappa shape index (κ1) is 15.3. The second kappa shape index (κ2) is 6.11. The Balaban J connectivity index is 2.67. The van der Waals surface area contributed by atoms with E-state index in [1.165, 1.54) is 10.6 Å². The number of hydrogen-bond donors (Lipinski definition) is 1. The molecule has 0 spiro atoms. The largest absolute Gasteiger partial charge is 0.481 e. The molecule has 0 aliphatic heterocycles. The standard InChI is InChI=1S/C15H21N3O3/c1-4-10(5-2)12-9-13-17(6-3)11(8-15(20)21)7-14(19)18(13)16-12/h7,9-10H,4-6,8H2,1-3H3,(H,20,21). The molecule has 6 nitrogen and oxygen atoms in total. The van der Waals surface area contributed by atoms with Crippen molar-refractivity contribution in [3.05, 3.63) is 33.9 Å². The van der Waals surface area contributed by atoms with Gasteiger partial charge in [0, 0.05) is 30.3 Å². The second-order valence-corrected chi connectivity index (χ2v) is 5.14. The summed E-state index contributed by atoms with van der Waals surface area (Å²) < 4.78 is 3.22. The van der Waals surface area contributed by atoms with Gasteiger partial charge in [-0.3, -0.25) is 9.59 Å². The fourth-order valence-electron chi connectivity index (χ4n) is 2.75. The van der Waals surface area contributed by atoms with E-state index in [-0.39, 0.29) is 12.0 Å². The first-order valence-corrected chi connectivity index (χ1v) is 7.35. The Kier molecular flexibility index (Phi) is 4.45. The molecule has 21 heavy (non-hydrogen) atoms. The van der Waals surface area contributed by atoms with E-state index in [9.17, 15) is 9.59 Å². The maximum absolute atomic E-state index is 12.2. The highest BCUT2D eigenvalue weighted by atomic mass is 16.4. The lowest BCUT2D eigenvalue weighted by atomic mass is 10.00. The summed E-state index contributed by atoms with van der Waals surface area (Å²) >= 11 is 0. The van der Waals surface area contributed by atoms with Crippen molar-refractivity contribution in [1.29, 1.82) is 0 Å². The fourth-order valence-corrected chi connectivity index (χ4v) is 2.75. The van der Waals surface area contributed by atoms with E-state index in [0.29, 0.717) is 23.8 Å². The molecule has 2 aromatic rings. The van der Waals surface area contributed by atoms with Gasteiger partial charge < -0.3 is 9.67 Å². The summed E-state index contributed by atoms with van der Waals surface area (Å²) in [6.07, 6.45) is 1.76. The number of aromatic nitrogens is 3. The van der Waals surface area contributed by atoms with Gasteiger partial charge in [0.15, 0.2) is 0 Å². The van der Waals surface area contributed by atoms with Gasteiger partial charge in [0.1, 0.15) is 5.65 Å². The average molecular weight is 291 g/mol. The van der Waals surface area contributed by atoms with Gasteiger partial charge in [-0.1, -0.05) is 13.8 Å². The minimum absolute atomic E-state index is 0.162. The third-order valence-electron chi connectivity index (χ3n) is 3.88. The molecule has 0 saturated carbocycles. The molecule has 6 heteroatoms. The summed E-state index contributed by atoms with van der Waals surface area (Å²) in [6, 6.07) is 3.28. The normalized spacial score (nSPS) is 11.4. The number of nitrogens with zero attached hydrogens (tertiary/aromatic N) is 3. The maximum atomic E-state index is 12.2. The van der Waals surface area contributed by atoms with Crippen molar-refractivity contribution in [1.82, 2.24) is 14.2 Å². The highest BCUT2D eigenvalue weighted by Crippen LogP contribution is 2.22. The van der Waals surface area contributed by atoms with E-state index < -0.39 is 5.97 Å². The van der Waals surface area contributed by atoms with Crippen molar-refractivity contribution in [2.45, 2.75) is 52.5 Å². The molecule has 0 atom stereocenters. The summed E-state index contributed by atoms with van der Waals surface area (Å²) in [5, 5.41) is 13.4. The fraction of sp³-hybridized carbons (Fsp3) is 0.533. The molecule has 0 bridgehead atoms. The molecule has 0 unspecified atom stereocenters. The highest BCUT2D eigenvalue weighted by Gasteiger charge is 2.17. The molecule has 114 valence electrons. The van der Waals surface area contributed by atoms with Crippen LogP contribution >= 0.6 is 0 Å². The van der Waals surface area contributed by atoms with E-state index in [0.717, 1.165) is 18.5 Å². The number of aryl methyl sites for hydroxylation is 1. The van der Waals surface area contributed by atoms with Crippen molar-refractivity contribution in [2.75, 3.05) is 0 Å². The lowest BCUT2D eigenvalue weighted by Crippen LogP contribution is -2.22. The summed E-state index contributed by atoms with van der Waals surface area (Å²) in [5.74, 6) is -0.627. The minimum Gasteiger partial charge on any atom is -0.481 e. The molecule has 0 amide bonds. The molecule has 0 saturated heterocycles. The predicted molar refractivity (Wildman–Crippen MR) is 79.8 cm³/mol. The lowest BCUT2D eigenvalue weighted by Gasteiger charge is -2.11. The van der Waals surface area contributed by atoms with Crippen molar-refractivity contribution >= 4 is 11.6 Å². The van der Waals surface area contributed by atoms with Crippen LogP contribution in [0.1, 0.15) is 50.9 Å². The Morgan fingerprint density at radius 1 is 1.29 bits per heavy atom. The molecular formula is C15H21N3O3. The Morgan fingerprint density at radius 2 is 1.95 bits per heavy atom. The van der Waals surface area contributed by atoms with Crippen molar-refractivity contribution in [2.24, 2.45) is 0 Å². The smallest absolute Gasteiger partial charge is 0.309 e. The third-order valence-corrected chi connectivity index (χ3v) is 3.88. The van der Waals surface area contributed by atoms with Crippen LogP contribution in [0.5, 0.6) is 0 Å². The van der Waals surface area contributed by atoms with Gasteiger partial charge in [-0.15, -0.1) is 0 Å². The molecule has 0 aliphatic carbocycles. The second-order valence-electron chi connectivity index (χ2n) is 5.14. The van der Waals surface area contributed by atoms with E-state index in [1.54, 1.807) is 0 Å². The SMILES string of the molecule is CCC(CC)c1cc2n(CC)c(CC(=O)O)cc(=O)n2n1. The molecule has 2 aromatic heterocycles. The number of rotatable bonds is 6.